The predicted molar refractivity (Wildman–Crippen MR) is 113 cm³/mol. The number of nitrogens with zero attached hydrogens (tertiary/aromatic N) is 8. The highest BCUT2D eigenvalue weighted by Crippen LogP contribution is 2.38. The largest absolute Gasteiger partial charge is 0.349 e. The van der Waals surface area contributed by atoms with Crippen LogP contribution in [-0.4, -0.2) is 53.1 Å². The van der Waals surface area contributed by atoms with Gasteiger partial charge >= 0.3 is 0 Å². The van der Waals surface area contributed by atoms with Crippen LogP contribution in [0.4, 0.5) is 5.82 Å². The van der Waals surface area contributed by atoms with Crippen LogP contribution in [0.5, 0.6) is 0 Å². The van der Waals surface area contributed by atoms with Crippen molar-refractivity contribution in [1.82, 2.24) is 35.0 Å². The molecule has 2 unspecified atom stereocenters. The Bertz CT molecular complexity index is 1180. The summed E-state index contributed by atoms with van der Waals surface area (Å²) >= 11 is 0. The molecule has 2 fully saturated rings. The average Bonchev–Trinajstić information content (AvgIpc) is 3.48. The first-order valence-electron chi connectivity index (χ1n) is 10.4. The molecule has 0 amide bonds. The zero-order chi connectivity index (χ0) is 20.2. The first-order valence-corrected chi connectivity index (χ1v) is 10.4. The van der Waals surface area contributed by atoms with Gasteiger partial charge in [-0.2, -0.15) is 5.10 Å². The third-order valence-corrected chi connectivity index (χ3v) is 6.51. The molecule has 0 aliphatic carbocycles. The van der Waals surface area contributed by atoms with Gasteiger partial charge in [0.25, 0.3) is 0 Å². The predicted octanol–water partition coefficient (Wildman–Crippen LogP) is 2.07. The molecule has 6 rings (SSSR count). The molecule has 0 radical (unpaired) electrons. The Morgan fingerprint density at radius 1 is 1.03 bits per heavy atom. The van der Waals surface area contributed by atoms with Gasteiger partial charge in [-0.05, 0) is 49.9 Å². The second-order valence-electron chi connectivity index (χ2n) is 8.31. The molecule has 0 saturated carbocycles. The third-order valence-electron chi connectivity index (χ3n) is 6.51. The number of piperidine rings is 1. The molecule has 3 aromatic heterocycles. The number of aryl methyl sites for hydroxylation is 1. The Kier molecular flexibility index (Phi) is 3.85. The zero-order valence-corrected chi connectivity index (χ0v) is 16.8. The fraction of sp³-hybridized carbons (Fsp3) is 0.381. The van der Waals surface area contributed by atoms with Crippen molar-refractivity contribution in [2.45, 2.75) is 43.8 Å². The summed E-state index contributed by atoms with van der Waals surface area (Å²) in [6, 6.07) is 9.53. The number of anilines is 1. The summed E-state index contributed by atoms with van der Waals surface area (Å²) in [6.07, 6.45) is 9.82. The minimum Gasteiger partial charge on any atom is -0.349 e. The first-order chi connectivity index (χ1) is 14.7. The van der Waals surface area contributed by atoms with Crippen LogP contribution in [0.2, 0.25) is 0 Å². The van der Waals surface area contributed by atoms with Gasteiger partial charge in [-0.1, -0.05) is 5.21 Å². The number of benzene rings is 1. The lowest BCUT2D eigenvalue weighted by Crippen LogP contribution is -2.47. The van der Waals surface area contributed by atoms with Crippen LogP contribution in [0.3, 0.4) is 0 Å². The van der Waals surface area contributed by atoms with Crippen molar-refractivity contribution in [3.05, 3.63) is 42.9 Å². The van der Waals surface area contributed by atoms with E-state index in [4.69, 9.17) is 5.73 Å². The number of fused-ring (bicyclic) bond motifs is 3. The molecule has 2 N–H and O–H groups in total. The summed E-state index contributed by atoms with van der Waals surface area (Å²) in [5, 5.41) is 22.7. The van der Waals surface area contributed by atoms with Crippen molar-refractivity contribution in [2.24, 2.45) is 12.8 Å². The summed E-state index contributed by atoms with van der Waals surface area (Å²) in [5.74, 6) is 0.957. The maximum atomic E-state index is 6.22. The fourth-order valence-electron chi connectivity index (χ4n) is 5.22. The van der Waals surface area contributed by atoms with Crippen molar-refractivity contribution in [2.75, 3.05) is 4.90 Å². The van der Waals surface area contributed by atoms with Gasteiger partial charge in [0, 0.05) is 36.1 Å². The Balaban J connectivity index is 1.39. The normalized spacial score (nSPS) is 23.4. The lowest BCUT2D eigenvalue weighted by atomic mass is 9.98. The van der Waals surface area contributed by atoms with E-state index in [2.05, 4.69) is 42.6 Å². The van der Waals surface area contributed by atoms with Crippen LogP contribution in [0.25, 0.3) is 27.8 Å². The molecule has 2 atom stereocenters. The molecule has 9 heteroatoms. The van der Waals surface area contributed by atoms with Gasteiger partial charge in [-0.3, -0.25) is 4.68 Å². The zero-order valence-electron chi connectivity index (χ0n) is 16.8. The minimum atomic E-state index is 0.313. The van der Waals surface area contributed by atoms with Gasteiger partial charge in [0.15, 0.2) is 5.82 Å². The molecular formula is C21H23N9. The smallest absolute Gasteiger partial charge is 0.151 e. The highest BCUT2D eigenvalue weighted by molar-refractivity contribution is 5.98. The highest BCUT2D eigenvalue weighted by Gasteiger charge is 2.40. The van der Waals surface area contributed by atoms with Gasteiger partial charge < -0.3 is 10.6 Å². The van der Waals surface area contributed by atoms with E-state index < -0.39 is 0 Å². The first kappa shape index (κ1) is 17.5. The van der Waals surface area contributed by atoms with E-state index in [-0.39, 0.29) is 0 Å². The molecule has 2 aliphatic rings. The van der Waals surface area contributed by atoms with Gasteiger partial charge in [0.1, 0.15) is 0 Å². The summed E-state index contributed by atoms with van der Waals surface area (Å²) in [6.45, 7) is 0. The van der Waals surface area contributed by atoms with E-state index in [0.717, 1.165) is 46.5 Å². The van der Waals surface area contributed by atoms with Gasteiger partial charge in [-0.15, -0.1) is 15.3 Å². The molecule has 0 spiro atoms. The number of hydrogen-bond acceptors (Lipinski definition) is 7. The summed E-state index contributed by atoms with van der Waals surface area (Å²) in [7, 11) is 1.94. The van der Waals surface area contributed by atoms with Crippen molar-refractivity contribution in [1.29, 1.82) is 0 Å². The molecule has 4 aromatic rings. The number of hydrogen-bond donors (Lipinski definition) is 1. The molecule has 1 aromatic carbocycles. The van der Waals surface area contributed by atoms with Crippen LogP contribution < -0.4 is 10.6 Å². The van der Waals surface area contributed by atoms with Crippen molar-refractivity contribution < 1.29 is 0 Å². The number of rotatable bonds is 3. The van der Waals surface area contributed by atoms with Crippen LogP contribution in [0, 0.1) is 0 Å². The monoisotopic (exact) mass is 401 g/mol. The Hall–Kier alpha value is -3.33. The number of aromatic nitrogens is 7. The van der Waals surface area contributed by atoms with Gasteiger partial charge in [0.05, 0.1) is 35.5 Å². The SMILES string of the molecule is Cn1ncc2c(-n3ccnn3)ccc(-c3ccc(N4C5CCC4CC(N)C5)nn3)c21. The molecule has 5 heterocycles. The van der Waals surface area contributed by atoms with Gasteiger partial charge in [-0.25, -0.2) is 4.68 Å². The molecule has 2 aliphatic heterocycles. The summed E-state index contributed by atoms with van der Waals surface area (Å²) in [5.41, 5.74) is 9.98. The van der Waals surface area contributed by atoms with E-state index in [1.54, 1.807) is 10.9 Å². The van der Waals surface area contributed by atoms with E-state index in [0.29, 0.717) is 18.1 Å². The quantitative estimate of drug-likeness (QED) is 0.560. The van der Waals surface area contributed by atoms with E-state index in [1.165, 1.54) is 12.8 Å². The minimum absolute atomic E-state index is 0.313. The fourth-order valence-corrected chi connectivity index (χ4v) is 5.22. The Labute approximate surface area is 173 Å². The maximum absolute atomic E-state index is 6.22. The maximum Gasteiger partial charge on any atom is 0.151 e. The van der Waals surface area contributed by atoms with Crippen LogP contribution in [-0.2, 0) is 7.05 Å². The Morgan fingerprint density at radius 3 is 2.57 bits per heavy atom. The van der Waals surface area contributed by atoms with Crippen LogP contribution in [0.1, 0.15) is 25.7 Å². The third kappa shape index (κ3) is 2.62. The molecule has 152 valence electrons. The highest BCUT2D eigenvalue weighted by atomic mass is 15.4. The van der Waals surface area contributed by atoms with Crippen LogP contribution >= 0.6 is 0 Å². The van der Waals surface area contributed by atoms with E-state index in [1.807, 2.05) is 36.3 Å². The Morgan fingerprint density at radius 2 is 1.87 bits per heavy atom. The van der Waals surface area contributed by atoms with Gasteiger partial charge in [0.2, 0.25) is 0 Å². The lowest BCUT2D eigenvalue weighted by Gasteiger charge is -2.38. The van der Waals surface area contributed by atoms with Crippen molar-refractivity contribution >= 4 is 16.7 Å². The molecular weight excluding hydrogens is 378 g/mol. The second kappa shape index (κ2) is 6.60. The lowest BCUT2D eigenvalue weighted by molar-refractivity contribution is 0.411. The van der Waals surface area contributed by atoms with E-state index in [9.17, 15) is 0 Å². The molecule has 2 saturated heterocycles. The average molecular weight is 401 g/mol. The standard InChI is InChI=1S/C21H23N9/c1-28-21-16(4-6-19(17(21)12-24-28)29-9-8-23-27-29)18-5-7-20(26-25-18)30-14-2-3-15(30)11-13(22)10-14/h4-9,12-15H,2-3,10-11,22H2,1H3. The van der Waals surface area contributed by atoms with Crippen molar-refractivity contribution in [3.63, 3.8) is 0 Å². The van der Waals surface area contributed by atoms with Crippen LogP contribution in [0.15, 0.2) is 42.9 Å². The van der Waals surface area contributed by atoms with E-state index >= 15 is 0 Å². The number of nitrogens with two attached hydrogens (primary N) is 1. The topological polar surface area (TPSA) is 104 Å². The summed E-state index contributed by atoms with van der Waals surface area (Å²) in [4.78, 5) is 2.44. The summed E-state index contributed by atoms with van der Waals surface area (Å²) < 4.78 is 3.62. The second-order valence-corrected chi connectivity index (χ2v) is 8.31. The molecule has 9 nitrogen and oxygen atoms in total. The molecule has 2 bridgehead atoms. The van der Waals surface area contributed by atoms with Crippen molar-refractivity contribution in [3.8, 4) is 16.9 Å². The molecule has 30 heavy (non-hydrogen) atoms.